The topological polar surface area (TPSA) is 223 Å². The second-order valence-corrected chi connectivity index (χ2v) is 14.7. The smallest absolute Gasteiger partial charge is 0.303 e. The van der Waals surface area contributed by atoms with E-state index in [1.807, 2.05) is 17.2 Å². The van der Waals surface area contributed by atoms with Gasteiger partial charge < -0.3 is 64.1 Å². The average molecular weight is 873 g/mol. The number of benzene rings is 1. The van der Waals surface area contributed by atoms with Gasteiger partial charge in [-0.05, 0) is 24.1 Å². The highest BCUT2D eigenvalue weighted by Gasteiger charge is 2.21. The lowest BCUT2D eigenvalue weighted by atomic mass is 10.1. The van der Waals surface area contributed by atoms with Gasteiger partial charge in [0.05, 0.1) is 111 Å². The fraction of sp³-hybridized carbons (Fsp3) is 0.651. The summed E-state index contributed by atoms with van der Waals surface area (Å²) in [6.07, 6.45) is 5.48. The van der Waals surface area contributed by atoms with Crippen molar-refractivity contribution in [3.8, 4) is 5.75 Å². The van der Waals surface area contributed by atoms with Crippen LogP contribution in [0, 0.1) is 0 Å². The number of amides is 2. The van der Waals surface area contributed by atoms with E-state index in [0.717, 1.165) is 79.2 Å². The predicted molar refractivity (Wildman–Crippen MR) is 233 cm³/mol. The third kappa shape index (κ3) is 19.2. The monoisotopic (exact) mass is 873 g/mol. The van der Waals surface area contributed by atoms with Gasteiger partial charge in [0.15, 0.2) is 5.82 Å². The molecule has 0 unspecified atom stereocenters. The predicted octanol–water partition coefficient (Wildman–Crippen LogP) is 2.79. The van der Waals surface area contributed by atoms with Crippen LogP contribution in [0.25, 0.3) is 11.0 Å². The van der Waals surface area contributed by atoms with Crippen molar-refractivity contribution < 1.29 is 52.6 Å². The van der Waals surface area contributed by atoms with Gasteiger partial charge in [-0.25, -0.2) is 4.98 Å². The zero-order valence-electron chi connectivity index (χ0n) is 36.6. The minimum absolute atomic E-state index is 0.0422. The second-order valence-electron chi connectivity index (χ2n) is 14.7. The molecule has 2 amide bonds. The van der Waals surface area contributed by atoms with Crippen LogP contribution < -0.4 is 21.1 Å². The Morgan fingerprint density at radius 1 is 0.742 bits per heavy atom. The van der Waals surface area contributed by atoms with E-state index in [-0.39, 0.29) is 30.6 Å². The Hall–Kier alpha value is -4.63. The lowest BCUT2D eigenvalue weighted by Gasteiger charge is -2.35. The van der Waals surface area contributed by atoms with Crippen LogP contribution in [0.3, 0.4) is 0 Å². The number of methoxy groups -OCH3 is 1. The molecule has 2 aromatic heterocycles. The lowest BCUT2D eigenvalue weighted by Crippen LogP contribution is -2.48. The highest BCUT2D eigenvalue weighted by atomic mass is 16.6. The number of aromatic nitrogens is 3. The quantitative estimate of drug-likeness (QED) is 0.0634. The molecule has 1 aromatic carbocycles. The van der Waals surface area contributed by atoms with E-state index < -0.39 is 5.97 Å². The van der Waals surface area contributed by atoms with Crippen LogP contribution in [0.2, 0.25) is 0 Å². The van der Waals surface area contributed by atoms with Crippen molar-refractivity contribution in [1.82, 2.24) is 29.7 Å². The summed E-state index contributed by atoms with van der Waals surface area (Å²) < 4.78 is 40.9. The summed E-state index contributed by atoms with van der Waals surface area (Å²) in [4.78, 5) is 47.9. The number of carbonyl (C=O) groups is 3. The third-order valence-corrected chi connectivity index (χ3v) is 9.98. The van der Waals surface area contributed by atoms with Gasteiger partial charge in [0.2, 0.25) is 17.8 Å². The number of nitrogens with zero attached hydrogens (tertiary/aromatic N) is 5. The number of aliphatic carboxylic acids is 1. The first kappa shape index (κ1) is 50.0. The third-order valence-electron chi connectivity index (χ3n) is 9.98. The van der Waals surface area contributed by atoms with Crippen LogP contribution in [0.5, 0.6) is 5.75 Å². The molecule has 0 spiro atoms. The Bertz CT molecular complexity index is 1760. The molecular formula is C43H68N8O11. The summed E-state index contributed by atoms with van der Waals surface area (Å²) in [5.41, 5.74) is 9.95. The van der Waals surface area contributed by atoms with Gasteiger partial charge in [0.1, 0.15) is 11.3 Å². The Kier molecular flexibility index (Phi) is 23.9. The molecule has 5 N–H and O–H groups in total. The van der Waals surface area contributed by atoms with Gasteiger partial charge in [-0.3, -0.25) is 19.3 Å². The minimum atomic E-state index is -1.00. The second kappa shape index (κ2) is 29.6. The molecule has 1 fully saturated rings. The molecule has 0 bridgehead atoms. The van der Waals surface area contributed by atoms with Crippen molar-refractivity contribution in [2.75, 3.05) is 137 Å². The van der Waals surface area contributed by atoms with Crippen molar-refractivity contribution in [2.24, 2.45) is 0 Å². The minimum Gasteiger partial charge on any atom is -0.496 e. The number of anilines is 2. The van der Waals surface area contributed by atoms with Gasteiger partial charge in [0, 0.05) is 64.0 Å². The van der Waals surface area contributed by atoms with Crippen molar-refractivity contribution in [2.45, 2.75) is 58.5 Å². The van der Waals surface area contributed by atoms with E-state index in [1.54, 1.807) is 7.11 Å². The Morgan fingerprint density at radius 3 is 1.98 bits per heavy atom. The van der Waals surface area contributed by atoms with Crippen molar-refractivity contribution in [1.29, 1.82) is 0 Å². The maximum atomic E-state index is 12.8. The van der Waals surface area contributed by atoms with Crippen LogP contribution in [0.1, 0.15) is 56.6 Å². The summed E-state index contributed by atoms with van der Waals surface area (Å²) >= 11 is 0. The molecule has 1 aliphatic heterocycles. The van der Waals surface area contributed by atoms with E-state index in [9.17, 15) is 14.4 Å². The maximum absolute atomic E-state index is 12.8. The molecule has 3 heterocycles. The number of carboxylic acid groups (broad SMARTS) is 1. The Balaban J connectivity index is 0.975. The summed E-state index contributed by atoms with van der Waals surface area (Å²) in [6.45, 7) is 12.6. The molecule has 0 atom stereocenters. The van der Waals surface area contributed by atoms with E-state index in [1.165, 1.54) is 0 Å². The summed E-state index contributed by atoms with van der Waals surface area (Å²) in [5.74, 6) is 0.617. The summed E-state index contributed by atoms with van der Waals surface area (Å²) in [5, 5.41) is 14.6. The number of hydrogen-bond acceptors (Lipinski definition) is 15. The molecule has 3 aromatic rings. The Morgan fingerprint density at radius 2 is 1.37 bits per heavy atom. The van der Waals surface area contributed by atoms with E-state index in [4.69, 9.17) is 44.0 Å². The fourth-order valence-corrected chi connectivity index (χ4v) is 6.67. The molecule has 1 saturated heterocycles. The molecular weight excluding hydrogens is 805 g/mol. The van der Waals surface area contributed by atoms with Gasteiger partial charge in [-0.1, -0.05) is 31.9 Å². The van der Waals surface area contributed by atoms with Crippen LogP contribution in [0.15, 0.2) is 30.5 Å². The normalized spacial score (nSPS) is 13.2. The molecule has 0 aliphatic carbocycles. The van der Waals surface area contributed by atoms with Crippen molar-refractivity contribution in [3.05, 3.63) is 41.6 Å². The molecule has 62 heavy (non-hydrogen) atoms. The number of piperazine rings is 1. The first-order valence-electron chi connectivity index (χ1n) is 21.7. The Labute approximate surface area is 364 Å². The first-order valence-corrected chi connectivity index (χ1v) is 21.7. The zero-order valence-corrected chi connectivity index (χ0v) is 36.6. The molecule has 1 aliphatic rings. The zero-order chi connectivity index (χ0) is 44.2. The molecule has 0 saturated carbocycles. The van der Waals surface area contributed by atoms with Crippen LogP contribution in [0.4, 0.5) is 11.8 Å². The van der Waals surface area contributed by atoms with Gasteiger partial charge in [-0.2, -0.15) is 4.98 Å². The SMILES string of the molecule is CCCCCNc1nc(N)nc2ccn(Cc3ccc(CN4CCN(C(=O)CCOCCOCCOCCOCCOCCOCCNC(=O)CCC(=O)O)CC4)cc3OC)c12. The van der Waals surface area contributed by atoms with E-state index >= 15 is 0 Å². The highest BCUT2D eigenvalue weighted by Crippen LogP contribution is 2.27. The average Bonchev–Trinajstić information content (AvgIpc) is 3.67. The molecule has 4 rings (SSSR count). The van der Waals surface area contributed by atoms with Crippen LogP contribution in [-0.2, 0) is 55.9 Å². The number of nitrogens with two attached hydrogens (primary N) is 1. The number of rotatable bonds is 34. The van der Waals surface area contributed by atoms with Crippen molar-refractivity contribution in [3.63, 3.8) is 0 Å². The number of hydrogen-bond donors (Lipinski definition) is 4. The van der Waals surface area contributed by atoms with Crippen LogP contribution >= 0.6 is 0 Å². The van der Waals surface area contributed by atoms with Gasteiger partial charge in [-0.15, -0.1) is 0 Å². The lowest BCUT2D eigenvalue weighted by molar-refractivity contribution is -0.138. The molecule has 346 valence electrons. The number of carbonyl (C=O) groups excluding carboxylic acids is 2. The molecule has 19 nitrogen and oxygen atoms in total. The number of nitrogens with one attached hydrogen (secondary N) is 2. The van der Waals surface area contributed by atoms with Crippen LogP contribution in [-0.4, -0.2) is 173 Å². The van der Waals surface area contributed by atoms with Gasteiger partial charge in [0.25, 0.3) is 0 Å². The number of carboxylic acids is 1. The first-order chi connectivity index (χ1) is 30.3. The number of fused-ring (bicyclic) bond motifs is 1. The molecule has 19 heteroatoms. The summed E-state index contributed by atoms with van der Waals surface area (Å²) in [7, 11) is 1.70. The standard InChI is InChI=1S/C43H68N8O11/c1-3-4-5-12-46-42-41-36(47-43(44)48-42)10-14-51(41)33-35-7-6-34(31-37(35)56-2)32-49-15-17-50(18-16-49)39(53)11-19-57-21-23-59-25-27-61-29-30-62-28-26-60-24-22-58-20-13-45-38(52)8-9-40(54)55/h6-7,10,14,31H,3-5,8-9,11-13,15-30,32-33H2,1-2H3,(H,45,52)(H,54,55)(H3,44,46,47,48). The largest absolute Gasteiger partial charge is 0.496 e. The number of nitrogen functional groups attached to an aromatic ring is 1. The number of unbranched alkanes of at least 4 members (excludes halogenated alkanes) is 2. The van der Waals surface area contributed by atoms with E-state index in [2.05, 4.69) is 55.2 Å². The number of ether oxygens (including phenoxy) is 7. The highest BCUT2D eigenvalue weighted by molar-refractivity contribution is 5.87. The van der Waals surface area contributed by atoms with Gasteiger partial charge >= 0.3 is 5.97 Å². The van der Waals surface area contributed by atoms with Crippen molar-refractivity contribution >= 4 is 40.6 Å². The van der Waals surface area contributed by atoms with E-state index in [0.29, 0.717) is 112 Å². The molecule has 0 radical (unpaired) electrons. The maximum Gasteiger partial charge on any atom is 0.303 e. The fourth-order valence-electron chi connectivity index (χ4n) is 6.67. The summed E-state index contributed by atoms with van der Waals surface area (Å²) in [6, 6.07) is 8.34.